The normalized spacial score (nSPS) is 16.4. The average Bonchev–Trinajstić information content (AvgIpc) is 2.98. The minimum Gasteiger partial charge on any atom is -0.480 e. The van der Waals surface area contributed by atoms with Crippen LogP contribution in [0.5, 0.6) is 0 Å². The highest BCUT2D eigenvalue weighted by molar-refractivity contribution is 6.30. The lowest BCUT2D eigenvalue weighted by Crippen LogP contribution is -2.43. The van der Waals surface area contributed by atoms with Gasteiger partial charge in [0.1, 0.15) is 5.54 Å². The van der Waals surface area contributed by atoms with Crippen molar-refractivity contribution >= 4 is 23.5 Å². The fourth-order valence-corrected chi connectivity index (χ4v) is 1.91. The quantitative estimate of drug-likeness (QED) is 0.866. The van der Waals surface area contributed by atoms with Gasteiger partial charge < -0.3 is 10.4 Å². The molecule has 1 aromatic rings. The Morgan fingerprint density at radius 1 is 1.41 bits per heavy atom. The summed E-state index contributed by atoms with van der Waals surface area (Å²) in [4.78, 5) is 22.9. The first-order valence-corrected chi connectivity index (χ1v) is 5.64. The topological polar surface area (TPSA) is 66.4 Å². The number of carbonyl (C=O) groups excluding carboxylic acids is 1. The monoisotopic (exact) mass is 253 g/mol. The van der Waals surface area contributed by atoms with E-state index < -0.39 is 11.5 Å². The molecule has 1 saturated carbocycles. The molecule has 0 bridgehead atoms. The van der Waals surface area contributed by atoms with Crippen molar-refractivity contribution in [1.29, 1.82) is 0 Å². The van der Waals surface area contributed by atoms with Gasteiger partial charge in [0, 0.05) is 10.6 Å². The lowest BCUT2D eigenvalue weighted by molar-refractivity contribution is -0.140. The summed E-state index contributed by atoms with van der Waals surface area (Å²) in [5.74, 6) is -1.34. The number of hydrogen-bond donors (Lipinski definition) is 2. The molecule has 0 aliphatic heterocycles. The predicted octanol–water partition coefficient (Wildman–Crippen LogP) is 2.00. The molecular formula is C12H12ClNO3. The van der Waals surface area contributed by atoms with Gasteiger partial charge in [0.15, 0.2) is 0 Å². The summed E-state index contributed by atoms with van der Waals surface area (Å²) < 4.78 is 0. The lowest BCUT2D eigenvalue weighted by Gasteiger charge is -2.13. The number of hydrogen-bond acceptors (Lipinski definition) is 2. The van der Waals surface area contributed by atoms with E-state index in [1.54, 1.807) is 25.1 Å². The third kappa shape index (κ3) is 2.26. The average molecular weight is 254 g/mol. The Balaban J connectivity index is 2.18. The summed E-state index contributed by atoms with van der Waals surface area (Å²) in [6, 6.07) is 4.89. The summed E-state index contributed by atoms with van der Waals surface area (Å²) in [6.07, 6.45) is 0.974. The minimum absolute atomic E-state index is 0.362. The maximum Gasteiger partial charge on any atom is 0.329 e. The van der Waals surface area contributed by atoms with Crippen molar-refractivity contribution in [3.63, 3.8) is 0 Å². The lowest BCUT2D eigenvalue weighted by atomic mass is 10.1. The van der Waals surface area contributed by atoms with Crippen LogP contribution in [0.4, 0.5) is 0 Å². The summed E-state index contributed by atoms with van der Waals surface area (Å²) in [7, 11) is 0. The molecule has 4 nitrogen and oxygen atoms in total. The van der Waals surface area contributed by atoms with Crippen LogP contribution in [-0.2, 0) is 4.79 Å². The molecule has 0 unspecified atom stereocenters. The van der Waals surface area contributed by atoms with Crippen LogP contribution in [-0.4, -0.2) is 22.5 Å². The molecule has 2 rings (SSSR count). The van der Waals surface area contributed by atoms with Crippen molar-refractivity contribution in [2.24, 2.45) is 0 Å². The number of carbonyl (C=O) groups is 2. The zero-order valence-corrected chi connectivity index (χ0v) is 10.0. The van der Waals surface area contributed by atoms with Gasteiger partial charge in [-0.3, -0.25) is 4.79 Å². The second-order valence-electron chi connectivity index (χ2n) is 4.30. The Hall–Kier alpha value is -1.55. The molecule has 5 heteroatoms. The third-order valence-electron chi connectivity index (χ3n) is 2.95. The maximum absolute atomic E-state index is 11.9. The van der Waals surface area contributed by atoms with Crippen molar-refractivity contribution in [1.82, 2.24) is 5.32 Å². The summed E-state index contributed by atoms with van der Waals surface area (Å²) >= 11 is 5.79. The van der Waals surface area contributed by atoms with Crippen LogP contribution in [0.2, 0.25) is 5.02 Å². The highest BCUT2D eigenvalue weighted by atomic mass is 35.5. The molecule has 90 valence electrons. The summed E-state index contributed by atoms with van der Waals surface area (Å²) in [5.41, 5.74) is 0.140. The van der Waals surface area contributed by atoms with Gasteiger partial charge in [-0.2, -0.15) is 0 Å². The molecule has 0 atom stereocenters. The Labute approximate surface area is 104 Å². The van der Waals surface area contributed by atoms with Crippen LogP contribution in [0.1, 0.15) is 28.8 Å². The van der Waals surface area contributed by atoms with Crippen LogP contribution < -0.4 is 5.32 Å². The van der Waals surface area contributed by atoms with Crippen molar-refractivity contribution in [2.75, 3.05) is 0 Å². The van der Waals surface area contributed by atoms with Gasteiger partial charge in [-0.25, -0.2) is 4.79 Å². The number of rotatable bonds is 3. The van der Waals surface area contributed by atoms with Crippen molar-refractivity contribution in [3.8, 4) is 0 Å². The van der Waals surface area contributed by atoms with Crippen molar-refractivity contribution in [2.45, 2.75) is 25.3 Å². The largest absolute Gasteiger partial charge is 0.480 e. The number of aryl methyl sites for hydroxylation is 1. The first-order chi connectivity index (χ1) is 7.94. The molecule has 17 heavy (non-hydrogen) atoms. The summed E-state index contributed by atoms with van der Waals surface area (Å²) in [5, 5.41) is 12.1. The van der Waals surface area contributed by atoms with E-state index in [0.717, 1.165) is 5.56 Å². The Bertz CT molecular complexity index is 495. The molecule has 1 fully saturated rings. The fraction of sp³-hybridized carbons (Fsp3) is 0.333. The third-order valence-corrected chi connectivity index (χ3v) is 3.18. The molecule has 0 heterocycles. The molecule has 0 radical (unpaired) electrons. The number of aliphatic carboxylic acids is 1. The zero-order valence-electron chi connectivity index (χ0n) is 9.29. The van der Waals surface area contributed by atoms with Gasteiger partial charge in [-0.1, -0.05) is 11.6 Å². The van der Waals surface area contributed by atoms with E-state index in [2.05, 4.69) is 5.32 Å². The Kier molecular flexibility index (Phi) is 2.83. The van der Waals surface area contributed by atoms with E-state index in [1.807, 2.05) is 0 Å². The standard InChI is InChI=1S/C12H12ClNO3/c1-7-6-8(13)2-3-9(7)10(15)14-12(4-5-12)11(16)17/h2-3,6H,4-5H2,1H3,(H,14,15)(H,16,17). The van der Waals surface area contributed by atoms with E-state index in [1.165, 1.54) is 0 Å². The number of carboxylic acid groups (broad SMARTS) is 1. The van der Waals surface area contributed by atoms with Crippen LogP contribution in [0, 0.1) is 6.92 Å². The fourth-order valence-electron chi connectivity index (χ4n) is 1.68. The van der Waals surface area contributed by atoms with Crippen LogP contribution in [0.25, 0.3) is 0 Å². The Morgan fingerprint density at radius 3 is 2.53 bits per heavy atom. The maximum atomic E-state index is 11.9. The van der Waals surface area contributed by atoms with Gasteiger partial charge in [0.2, 0.25) is 0 Å². The number of carboxylic acids is 1. The highest BCUT2D eigenvalue weighted by Gasteiger charge is 2.51. The molecule has 0 aromatic heterocycles. The van der Waals surface area contributed by atoms with E-state index >= 15 is 0 Å². The second-order valence-corrected chi connectivity index (χ2v) is 4.74. The number of nitrogens with one attached hydrogen (secondary N) is 1. The van der Waals surface area contributed by atoms with Gasteiger partial charge in [-0.15, -0.1) is 0 Å². The van der Waals surface area contributed by atoms with Crippen LogP contribution >= 0.6 is 11.6 Å². The number of amides is 1. The molecule has 2 N–H and O–H groups in total. The van der Waals surface area contributed by atoms with E-state index in [-0.39, 0.29) is 5.91 Å². The highest BCUT2D eigenvalue weighted by Crippen LogP contribution is 2.35. The second kappa shape index (κ2) is 4.04. The molecule has 1 aliphatic rings. The van der Waals surface area contributed by atoms with Gasteiger partial charge in [0.05, 0.1) is 0 Å². The zero-order chi connectivity index (χ0) is 12.6. The van der Waals surface area contributed by atoms with Crippen LogP contribution in [0.3, 0.4) is 0 Å². The molecule has 1 aliphatic carbocycles. The molecular weight excluding hydrogens is 242 g/mol. The van der Waals surface area contributed by atoms with Gasteiger partial charge >= 0.3 is 5.97 Å². The number of benzene rings is 1. The predicted molar refractivity (Wildman–Crippen MR) is 63.3 cm³/mol. The molecule has 0 saturated heterocycles. The van der Waals surface area contributed by atoms with E-state index in [0.29, 0.717) is 23.4 Å². The Morgan fingerprint density at radius 2 is 2.06 bits per heavy atom. The molecule has 1 aromatic carbocycles. The van der Waals surface area contributed by atoms with Gasteiger partial charge in [-0.05, 0) is 43.5 Å². The SMILES string of the molecule is Cc1cc(Cl)ccc1C(=O)NC1(C(=O)O)CC1. The minimum atomic E-state index is -1.05. The molecule has 0 spiro atoms. The smallest absolute Gasteiger partial charge is 0.329 e. The van der Waals surface area contributed by atoms with E-state index in [4.69, 9.17) is 16.7 Å². The van der Waals surface area contributed by atoms with Crippen molar-refractivity contribution < 1.29 is 14.7 Å². The first kappa shape index (κ1) is 11.9. The number of halogens is 1. The van der Waals surface area contributed by atoms with E-state index in [9.17, 15) is 9.59 Å². The first-order valence-electron chi connectivity index (χ1n) is 5.27. The van der Waals surface area contributed by atoms with Gasteiger partial charge in [0.25, 0.3) is 5.91 Å². The molecule has 1 amide bonds. The van der Waals surface area contributed by atoms with Crippen LogP contribution in [0.15, 0.2) is 18.2 Å². The summed E-state index contributed by atoms with van der Waals surface area (Å²) in [6.45, 7) is 1.77. The van der Waals surface area contributed by atoms with Crippen molar-refractivity contribution in [3.05, 3.63) is 34.3 Å².